The van der Waals surface area contributed by atoms with E-state index in [4.69, 9.17) is 5.11 Å². The number of aromatic nitrogens is 2. The zero-order valence-corrected chi connectivity index (χ0v) is 11.1. The fourth-order valence-electron chi connectivity index (χ4n) is 2.35. The standard InChI is InChI=1S/C15H11FN2O3/c1-8-4-10(16)7-11(5-8)18-13-3-2-9(14(19)20)6-12(13)17-15(18)21/h2-7H,1H3,(H,17,21)(H,19,20). The van der Waals surface area contributed by atoms with E-state index in [0.717, 1.165) is 0 Å². The summed E-state index contributed by atoms with van der Waals surface area (Å²) in [5.74, 6) is -1.51. The molecule has 2 N–H and O–H groups in total. The minimum absolute atomic E-state index is 0.0753. The highest BCUT2D eigenvalue weighted by molar-refractivity contribution is 5.92. The Kier molecular flexibility index (Phi) is 2.86. The number of carboxylic acid groups (broad SMARTS) is 1. The first-order valence-electron chi connectivity index (χ1n) is 6.21. The molecule has 0 spiro atoms. The monoisotopic (exact) mass is 286 g/mol. The largest absolute Gasteiger partial charge is 0.478 e. The molecule has 0 radical (unpaired) electrons. The molecular weight excluding hydrogens is 275 g/mol. The summed E-state index contributed by atoms with van der Waals surface area (Å²) in [7, 11) is 0. The van der Waals surface area contributed by atoms with E-state index in [1.54, 1.807) is 13.0 Å². The minimum Gasteiger partial charge on any atom is -0.478 e. The van der Waals surface area contributed by atoms with Crippen LogP contribution in [0.25, 0.3) is 16.7 Å². The van der Waals surface area contributed by atoms with Gasteiger partial charge in [-0.1, -0.05) is 0 Å². The maximum Gasteiger partial charge on any atom is 0.335 e. The van der Waals surface area contributed by atoms with Gasteiger partial charge >= 0.3 is 11.7 Å². The average molecular weight is 286 g/mol. The quantitative estimate of drug-likeness (QED) is 0.760. The van der Waals surface area contributed by atoms with Crippen molar-refractivity contribution in [3.63, 3.8) is 0 Å². The van der Waals surface area contributed by atoms with Crippen molar-refractivity contribution in [3.05, 3.63) is 63.8 Å². The number of fused-ring (bicyclic) bond motifs is 1. The smallest absolute Gasteiger partial charge is 0.335 e. The SMILES string of the molecule is Cc1cc(F)cc(-n2c(=O)[nH]c3cc(C(=O)O)ccc32)c1. The first-order valence-corrected chi connectivity index (χ1v) is 6.21. The fourth-order valence-corrected chi connectivity index (χ4v) is 2.35. The Balaban J connectivity index is 2.30. The van der Waals surface area contributed by atoms with Crippen LogP contribution in [0.4, 0.5) is 4.39 Å². The molecule has 0 saturated heterocycles. The van der Waals surface area contributed by atoms with Gasteiger partial charge in [0.1, 0.15) is 5.82 Å². The lowest BCUT2D eigenvalue weighted by molar-refractivity contribution is 0.0697. The molecule has 106 valence electrons. The molecule has 0 unspecified atom stereocenters. The van der Waals surface area contributed by atoms with E-state index < -0.39 is 17.5 Å². The highest BCUT2D eigenvalue weighted by atomic mass is 19.1. The number of carboxylic acids is 1. The average Bonchev–Trinajstić information content (AvgIpc) is 2.72. The third-order valence-electron chi connectivity index (χ3n) is 3.21. The van der Waals surface area contributed by atoms with E-state index in [1.807, 2.05) is 0 Å². The van der Waals surface area contributed by atoms with E-state index >= 15 is 0 Å². The predicted molar refractivity (Wildman–Crippen MR) is 75.6 cm³/mol. The number of nitrogens with zero attached hydrogens (tertiary/aromatic N) is 1. The van der Waals surface area contributed by atoms with Crippen LogP contribution in [-0.4, -0.2) is 20.6 Å². The first-order chi connectivity index (χ1) is 9.95. The molecule has 0 bridgehead atoms. The zero-order valence-electron chi connectivity index (χ0n) is 11.1. The molecule has 5 nitrogen and oxygen atoms in total. The molecule has 0 aliphatic rings. The van der Waals surface area contributed by atoms with Crippen molar-refractivity contribution in [2.24, 2.45) is 0 Å². The van der Waals surface area contributed by atoms with Gasteiger partial charge in [-0.25, -0.2) is 14.0 Å². The van der Waals surface area contributed by atoms with Crippen LogP contribution in [-0.2, 0) is 0 Å². The van der Waals surface area contributed by atoms with Crippen molar-refractivity contribution in [1.82, 2.24) is 9.55 Å². The first kappa shape index (κ1) is 13.1. The predicted octanol–water partition coefficient (Wildman–Crippen LogP) is 2.46. The maximum atomic E-state index is 13.5. The van der Waals surface area contributed by atoms with Gasteiger partial charge in [0.15, 0.2) is 0 Å². The number of aryl methyl sites for hydroxylation is 1. The normalized spacial score (nSPS) is 11.0. The molecule has 0 amide bonds. The molecule has 3 aromatic rings. The Morgan fingerprint density at radius 3 is 2.67 bits per heavy atom. The van der Waals surface area contributed by atoms with Crippen molar-refractivity contribution < 1.29 is 14.3 Å². The molecular formula is C15H11FN2O3. The van der Waals surface area contributed by atoms with Crippen LogP contribution in [0.1, 0.15) is 15.9 Å². The van der Waals surface area contributed by atoms with E-state index in [9.17, 15) is 14.0 Å². The summed E-state index contributed by atoms with van der Waals surface area (Å²) in [5.41, 5.74) is 1.60. The van der Waals surface area contributed by atoms with Crippen molar-refractivity contribution in [2.45, 2.75) is 6.92 Å². The van der Waals surface area contributed by atoms with Crippen LogP contribution >= 0.6 is 0 Å². The number of benzene rings is 2. The number of rotatable bonds is 2. The number of carbonyl (C=O) groups is 1. The van der Waals surface area contributed by atoms with Gasteiger partial charge in [0.2, 0.25) is 0 Å². The van der Waals surface area contributed by atoms with Gasteiger partial charge in [-0.15, -0.1) is 0 Å². The topological polar surface area (TPSA) is 75.1 Å². The summed E-state index contributed by atoms with van der Waals surface area (Å²) in [4.78, 5) is 25.6. The van der Waals surface area contributed by atoms with Crippen LogP contribution in [0.3, 0.4) is 0 Å². The van der Waals surface area contributed by atoms with Crippen LogP contribution in [0.5, 0.6) is 0 Å². The maximum absolute atomic E-state index is 13.5. The lowest BCUT2D eigenvalue weighted by Gasteiger charge is -2.05. The van der Waals surface area contributed by atoms with Crippen LogP contribution in [0.2, 0.25) is 0 Å². The number of hydrogen-bond acceptors (Lipinski definition) is 2. The van der Waals surface area contributed by atoms with Gasteiger partial charge < -0.3 is 10.1 Å². The molecule has 6 heteroatoms. The molecule has 21 heavy (non-hydrogen) atoms. The molecule has 0 aliphatic carbocycles. The Labute approximate surface area is 118 Å². The number of nitrogens with one attached hydrogen (secondary N) is 1. The number of halogens is 1. The van der Waals surface area contributed by atoms with E-state index in [1.165, 1.54) is 34.9 Å². The molecule has 3 rings (SSSR count). The summed E-state index contributed by atoms with van der Waals surface area (Å²) in [6, 6.07) is 8.61. The van der Waals surface area contributed by atoms with Gasteiger partial charge in [-0.2, -0.15) is 0 Å². The van der Waals surface area contributed by atoms with E-state index in [0.29, 0.717) is 22.3 Å². The van der Waals surface area contributed by atoms with Gasteiger partial charge in [-0.3, -0.25) is 4.57 Å². The van der Waals surface area contributed by atoms with Gasteiger partial charge in [-0.05, 0) is 48.9 Å². The second-order valence-electron chi connectivity index (χ2n) is 4.79. The second kappa shape index (κ2) is 4.59. The number of aromatic carboxylic acids is 1. The van der Waals surface area contributed by atoms with Crippen molar-refractivity contribution in [1.29, 1.82) is 0 Å². The Bertz CT molecular complexity index is 904. The van der Waals surface area contributed by atoms with E-state index in [-0.39, 0.29) is 5.56 Å². The third-order valence-corrected chi connectivity index (χ3v) is 3.21. The molecule has 0 fully saturated rings. The van der Waals surface area contributed by atoms with Crippen LogP contribution in [0, 0.1) is 12.7 Å². The number of imidazole rings is 1. The Morgan fingerprint density at radius 2 is 2.00 bits per heavy atom. The molecule has 2 aromatic carbocycles. The van der Waals surface area contributed by atoms with Gasteiger partial charge in [0.05, 0.1) is 22.3 Å². The van der Waals surface area contributed by atoms with E-state index in [2.05, 4.69) is 4.98 Å². The number of aromatic amines is 1. The van der Waals surface area contributed by atoms with Crippen LogP contribution in [0.15, 0.2) is 41.2 Å². The number of hydrogen-bond donors (Lipinski definition) is 2. The molecule has 0 saturated carbocycles. The van der Waals surface area contributed by atoms with Gasteiger partial charge in [0.25, 0.3) is 0 Å². The number of H-pyrrole nitrogens is 1. The molecule has 0 atom stereocenters. The minimum atomic E-state index is -1.08. The van der Waals surface area contributed by atoms with Gasteiger partial charge in [0, 0.05) is 0 Å². The third kappa shape index (κ3) is 2.20. The summed E-state index contributed by atoms with van der Waals surface area (Å²) >= 11 is 0. The lowest BCUT2D eigenvalue weighted by atomic mass is 10.2. The summed E-state index contributed by atoms with van der Waals surface area (Å²) in [6.45, 7) is 1.73. The summed E-state index contributed by atoms with van der Waals surface area (Å²) in [6.07, 6.45) is 0. The Morgan fingerprint density at radius 1 is 1.24 bits per heavy atom. The Hall–Kier alpha value is -2.89. The highest BCUT2D eigenvalue weighted by Crippen LogP contribution is 2.19. The molecule has 1 heterocycles. The fraction of sp³-hybridized carbons (Fsp3) is 0.0667. The summed E-state index contributed by atoms with van der Waals surface area (Å²) in [5, 5.41) is 8.96. The second-order valence-corrected chi connectivity index (χ2v) is 4.79. The zero-order chi connectivity index (χ0) is 15.1. The summed E-state index contributed by atoms with van der Waals surface area (Å²) < 4.78 is 14.8. The van der Waals surface area contributed by atoms with Crippen molar-refractivity contribution >= 4 is 17.0 Å². The van der Waals surface area contributed by atoms with Crippen molar-refractivity contribution in [3.8, 4) is 5.69 Å². The van der Waals surface area contributed by atoms with Crippen LogP contribution < -0.4 is 5.69 Å². The molecule has 0 aliphatic heterocycles. The van der Waals surface area contributed by atoms with Crippen molar-refractivity contribution in [2.75, 3.05) is 0 Å². The lowest BCUT2D eigenvalue weighted by Crippen LogP contribution is -2.14. The highest BCUT2D eigenvalue weighted by Gasteiger charge is 2.12. The molecule has 1 aromatic heterocycles.